The first-order chi connectivity index (χ1) is 10.7. The number of amides is 3. The third-order valence-electron chi connectivity index (χ3n) is 4.46. The van der Waals surface area contributed by atoms with Gasteiger partial charge < -0.3 is 5.32 Å². The summed E-state index contributed by atoms with van der Waals surface area (Å²) >= 11 is 0. The molecule has 1 heterocycles. The van der Waals surface area contributed by atoms with Gasteiger partial charge in [0.1, 0.15) is 0 Å². The monoisotopic (exact) mass is 300 g/mol. The number of rotatable bonds is 6. The quantitative estimate of drug-likeness (QED) is 0.645. The van der Waals surface area contributed by atoms with Crippen molar-refractivity contribution in [1.29, 1.82) is 0 Å². The molecule has 1 aromatic carbocycles. The molecule has 1 N–H and O–H groups in total. The van der Waals surface area contributed by atoms with E-state index in [0.717, 1.165) is 25.7 Å². The lowest BCUT2D eigenvalue weighted by atomic mass is 9.85. The molecule has 0 unspecified atom stereocenters. The van der Waals surface area contributed by atoms with E-state index < -0.39 is 0 Å². The molecule has 0 saturated heterocycles. The van der Waals surface area contributed by atoms with E-state index >= 15 is 0 Å². The zero-order chi connectivity index (χ0) is 15.5. The number of carbonyl (C=O) groups is 3. The lowest BCUT2D eigenvalue weighted by Crippen LogP contribution is -2.35. The summed E-state index contributed by atoms with van der Waals surface area (Å²) in [5.74, 6) is -0.0681. The minimum atomic E-state index is -0.209. The number of hydrogen-bond donors (Lipinski definition) is 1. The summed E-state index contributed by atoms with van der Waals surface area (Å²) in [6.45, 7) is 1.02. The fraction of sp³-hybridized carbons (Fsp3) is 0.471. The Morgan fingerprint density at radius 1 is 1.09 bits per heavy atom. The number of fused-ring (bicyclic) bond motifs is 1. The maximum atomic E-state index is 12.2. The molecule has 1 saturated carbocycles. The van der Waals surface area contributed by atoms with E-state index in [0.29, 0.717) is 30.6 Å². The second-order valence-corrected chi connectivity index (χ2v) is 5.93. The summed E-state index contributed by atoms with van der Waals surface area (Å²) in [4.78, 5) is 37.3. The molecular weight excluding hydrogens is 280 g/mol. The predicted octanol–water partition coefficient (Wildman–Crippen LogP) is 1.98. The van der Waals surface area contributed by atoms with Gasteiger partial charge >= 0.3 is 0 Å². The van der Waals surface area contributed by atoms with Crippen molar-refractivity contribution in [3.8, 4) is 0 Å². The molecule has 1 aromatic rings. The van der Waals surface area contributed by atoms with E-state index in [1.165, 1.54) is 4.90 Å². The van der Waals surface area contributed by atoms with Gasteiger partial charge in [-0.05, 0) is 37.8 Å². The zero-order valence-corrected chi connectivity index (χ0v) is 12.5. The van der Waals surface area contributed by atoms with Crippen molar-refractivity contribution in [3.63, 3.8) is 0 Å². The van der Waals surface area contributed by atoms with Crippen LogP contribution in [0.5, 0.6) is 0 Å². The van der Waals surface area contributed by atoms with E-state index in [-0.39, 0.29) is 23.6 Å². The first kappa shape index (κ1) is 14.8. The zero-order valence-electron chi connectivity index (χ0n) is 12.5. The van der Waals surface area contributed by atoms with Crippen LogP contribution in [0.4, 0.5) is 0 Å². The van der Waals surface area contributed by atoms with Crippen molar-refractivity contribution >= 4 is 17.7 Å². The van der Waals surface area contributed by atoms with E-state index in [9.17, 15) is 14.4 Å². The van der Waals surface area contributed by atoms with Gasteiger partial charge in [0.15, 0.2) is 0 Å². The van der Waals surface area contributed by atoms with Gasteiger partial charge in [-0.25, -0.2) is 0 Å². The Labute approximate surface area is 129 Å². The van der Waals surface area contributed by atoms with Crippen LogP contribution in [0.2, 0.25) is 0 Å². The van der Waals surface area contributed by atoms with Crippen LogP contribution in [0, 0.1) is 5.92 Å². The van der Waals surface area contributed by atoms with Crippen LogP contribution in [0.25, 0.3) is 0 Å². The number of carbonyl (C=O) groups excluding carboxylic acids is 3. The summed E-state index contributed by atoms with van der Waals surface area (Å²) < 4.78 is 0. The lowest BCUT2D eigenvalue weighted by molar-refractivity contribution is -0.127. The third-order valence-corrected chi connectivity index (χ3v) is 4.46. The molecule has 0 radical (unpaired) electrons. The Bertz CT molecular complexity index is 573. The second-order valence-electron chi connectivity index (χ2n) is 5.93. The average Bonchev–Trinajstić information content (AvgIpc) is 2.70. The fourth-order valence-electron chi connectivity index (χ4n) is 2.86. The third kappa shape index (κ3) is 2.75. The molecular formula is C17H20N2O3. The van der Waals surface area contributed by atoms with Gasteiger partial charge in [-0.2, -0.15) is 0 Å². The van der Waals surface area contributed by atoms with Gasteiger partial charge in [0, 0.05) is 19.0 Å². The molecule has 5 nitrogen and oxygen atoms in total. The molecule has 3 rings (SSSR count). The van der Waals surface area contributed by atoms with Crippen LogP contribution < -0.4 is 5.32 Å². The highest BCUT2D eigenvalue weighted by molar-refractivity contribution is 6.21. The smallest absolute Gasteiger partial charge is 0.261 e. The summed E-state index contributed by atoms with van der Waals surface area (Å²) in [5, 5.41) is 2.92. The molecule has 0 atom stereocenters. The minimum absolute atomic E-state index is 0.145. The van der Waals surface area contributed by atoms with E-state index in [2.05, 4.69) is 5.32 Å². The van der Waals surface area contributed by atoms with E-state index in [1.54, 1.807) is 24.3 Å². The molecule has 116 valence electrons. The van der Waals surface area contributed by atoms with E-state index in [4.69, 9.17) is 0 Å². The standard InChI is InChI=1S/C17H20N2O3/c20-15(12-6-5-7-12)18-10-3-4-11-19-16(21)13-8-1-2-9-14(13)17(19)22/h1-2,8-9,12H,3-7,10-11H2,(H,18,20). The maximum absolute atomic E-state index is 12.2. The normalized spacial score (nSPS) is 17.4. The van der Waals surface area contributed by atoms with Crippen molar-refractivity contribution in [2.45, 2.75) is 32.1 Å². The van der Waals surface area contributed by atoms with Crippen molar-refractivity contribution in [3.05, 3.63) is 35.4 Å². The molecule has 0 aromatic heterocycles. The maximum Gasteiger partial charge on any atom is 0.261 e. The molecule has 5 heteroatoms. The highest BCUT2D eigenvalue weighted by atomic mass is 16.2. The Morgan fingerprint density at radius 3 is 2.27 bits per heavy atom. The largest absolute Gasteiger partial charge is 0.356 e. The lowest BCUT2D eigenvalue weighted by Gasteiger charge is -2.24. The summed E-state index contributed by atoms with van der Waals surface area (Å²) in [6.07, 6.45) is 4.63. The molecule has 1 aliphatic heterocycles. The van der Waals surface area contributed by atoms with Gasteiger partial charge in [0.25, 0.3) is 11.8 Å². The van der Waals surface area contributed by atoms with Crippen molar-refractivity contribution in [2.24, 2.45) is 5.92 Å². The number of nitrogens with one attached hydrogen (secondary N) is 1. The Kier molecular flexibility index (Phi) is 4.22. The molecule has 1 aliphatic carbocycles. The number of imide groups is 1. The minimum Gasteiger partial charge on any atom is -0.356 e. The average molecular weight is 300 g/mol. The van der Waals surface area contributed by atoms with E-state index in [1.807, 2.05) is 0 Å². The molecule has 0 bridgehead atoms. The van der Waals surface area contributed by atoms with Gasteiger partial charge in [0.2, 0.25) is 5.91 Å². The molecule has 2 aliphatic rings. The molecule has 22 heavy (non-hydrogen) atoms. The Morgan fingerprint density at radius 2 is 1.73 bits per heavy atom. The SMILES string of the molecule is O=C(NCCCCN1C(=O)c2ccccc2C1=O)C1CCC1. The summed E-state index contributed by atoms with van der Waals surface area (Å²) in [5.41, 5.74) is 0.983. The highest BCUT2D eigenvalue weighted by Crippen LogP contribution is 2.26. The fourth-order valence-corrected chi connectivity index (χ4v) is 2.86. The Balaban J connectivity index is 1.42. The van der Waals surface area contributed by atoms with Crippen molar-refractivity contribution in [2.75, 3.05) is 13.1 Å². The first-order valence-corrected chi connectivity index (χ1v) is 7.91. The van der Waals surface area contributed by atoms with Crippen molar-refractivity contribution < 1.29 is 14.4 Å². The van der Waals surface area contributed by atoms with Crippen LogP contribution in [0.15, 0.2) is 24.3 Å². The summed E-state index contributed by atoms with van der Waals surface area (Å²) in [6, 6.07) is 6.91. The van der Waals surface area contributed by atoms with Crippen molar-refractivity contribution in [1.82, 2.24) is 10.2 Å². The van der Waals surface area contributed by atoms with Gasteiger partial charge in [-0.3, -0.25) is 19.3 Å². The number of hydrogen-bond acceptors (Lipinski definition) is 3. The molecule has 0 spiro atoms. The molecule has 3 amide bonds. The number of benzene rings is 1. The second kappa shape index (κ2) is 6.30. The number of nitrogens with zero attached hydrogens (tertiary/aromatic N) is 1. The van der Waals surface area contributed by atoms with Gasteiger partial charge in [0.05, 0.1) is 11.1 Å². The van der Waals surface area contributed by atoms with Gasteiger partial charge in [-0.15, -0.1) is 0 Å². The Hall–Kier alpha value is -2.17. The first-order valence-electron chi connectivity index (χ1n) is 7.91. The van der Waals surface area contributed by atoms with Crippen LogP contribution in [-0.4, -0.2) is 35.7 Å². The van der Waals surface area contributed by atoms with Crippen LogP contribution in [-0.2, 0) is 4.79 Å². The van der Waals surface area contributed by atoms with Crippen LogP contribution >= 0.6 is 0 Å². The highest BCUT2D eigenvalue weighted by Gasteiger charge is 2.34. The summed E-state index contributed by atoms with van der Waals surface area (Å²) in [7, 11) is 0. The van der Waals surface area contributed by atoms with Gasteiger partial charge in [-0.1, -0.05) is 18.6 Å². The number of unbranched alkanes of at least 4 members (excludes halogenated alkanes) is 1. The predicted molar refractivity (Wildman–Crippen MR) is 81.4 cm³/mol. The topological polar surface area (TPSA) is 66.5 Å². The van der Waals surface area contributed by atoms with Crippen LogP contribution in [0.1, 0.15) is 52.8 Å². The van der Waals surface area contributed by atoms with Crippen LogP contribution in [0.3, 0.4) is 0 Å². The molecule has 1 fully saturated rings.